The second kappa shape index (κ2) is 3.69. The molecule has 1 aliphatic heterocycles. The quantitative estimate of drug-likeness (QED) is 0.736. The molecule has 1 aliphatic rings. The van der Waals surface area contributed by atoms with Gasteiger partial charge in [-0.2, -0.15) is 5.10 Å². The number of nitrogens with one attached hydrogen (secondary N) is 1. The molecule has 1 atom stereocenters. The highest BCUT2D eigenvalue weighted by molar-refractivity contribution is 5.12. The first kappa shape index (κ1) is 9.65. The van der Waals surface area contributed by atoms with E-state index < -0.39 is 5.67 Å². The third-order valence-electron chi connectivity index (χ3n) is 2.90. The molecule has 1 saturated heterocycles. The van der Waals surface area contributed by atoms with Crippen LogP contribution in [-0.2, 0) is 12.7 Å². The molecular formula is C10H16FN3. The summed E-state index contributed by atoms with van der Waals surface area (Å²) in [5.74, 6) is 0. The summed E-state index contributed by atoms with van der Waals surface area (Å²) in [6.45, 7) is 1.67. The Kier molecular flexibility index (Phi) is 2.54. The second-order valence-electron chi connectivity index (χ2n) is 3.91. The van der Waals surface area contributed by atoms with Crippen LogP contribution in [0.1, 0.15) is 25.0 Å². The van der Waals surface area contributed by atoms with Gasteiger partial charge in [-0.05, 0) is 38.4 Å². The summed E-state index contributed by atoms with van der Waals surface area (Å²) in [6, 6.07) is 1.78. The van der Waals surface area contributed by atoms with Gasteiger partial charge in [0.2, 0.25) is 0 Å². The van der Waals surface area contributed by atoms with Crippen molar-refractivity contribution in [2.24, 2.45) is 7.05 Å². The van der Waals surface area contributed by atoms with Crippen molar-refractivity contribution < 1.29 is 4.39 Å². The fraction of sp³-hybridized carbons (Fsp3) is 0.700. The summed E-state index contributed by atoms with van der Waals surface area (Å²) in [7, 11) is 1.80. The molecule has 3 nitrogen and oxygen atoms in total. The molecule has 1 fully saturated rings. The predicted molar refractivity (Wildman–Crippen MR) is 52.7 cm³/mol. The van der Waals surface area contributed by atoms with Crippen LogP contribution >= 0.6 is 0 Å². The minimum absolute atomic E-state index is 0.548. The van der Waals surface area contributed by atoms with Crippen molar-refractivity contribution in [3.05, 3.63) is 18.0 Å². The number of hydrogen-bond donors (Lipinski definition) is 1. The van der Waals surface area contributed by atoms with Crippen LogP contribution in [0.5, 0.6) is 0 Å². The molecule has 1 aromatic rings. The van der Waals surface area contributed by atoms with Crippen LogP contribution in [0.15, 0.2) is 12.3 Å². The maximum atomic E-state index is 14.6. The molecule has 0 aromatic carbocycles. The van der Waals surface area contributed by atoms with Crippen LogP contribution in [0.4, 0.5) is 4.39 Å². The van der Waals surface area contributed by atoms with Gasteiger partial charge in [-0.1, -0.05) is 0 Å². The van der Waals surface area contributed by atoms with Gasteiger partial charge >= 0.3 is 0 Å². The Labute approximate surface area is 83.3 Å². The first-order chi connectivity index (χ1) is 6.72. The van der Waals surface area contributed by atoms with Crippen molar-refractivity contribution in [2.75, 3.05) is 13.1 Å². The van der Waals surface area contributed by atoms with Gasteiger partial charge in [-0.15, -0.1) is 0 Å². The fourth-order valence-corrected chi connectivity index (χ4v) is 2.10. The molecular weight excluding hydrogens is 181 g/mol. The van der Waals surface area contributed by atoms with Crippen molar-refractivity contribution in [3.63, 3.8) is 0 Å². The Bertz CT molecular complexity index is 300. The van der Waals surface area contributed by atoms with E-state index in [2.05, 4.69) is 10.4 Å². The molecule has 0 amide bonds. The van der Waals surface area contributed by atoms with Crippen LogP contribution in [0.2, 0.25) is 0 Å². The van der Waals surface area contributed by atoms with Crippen molar-refractivity contribution in [1.29, 1.82) is 0 Å². The lowest BCUT2D eigenvalue weighted by Gasteiger charge is -2.23. The summed E-state index contributed by atoms with van der Waals surface area (Å²) in [4.78, 5) is 0. The first-order valence-electron chi connectivity index (χ1n) is 5.10. The normalized spacial score (nSPS) is 28.7. The van der Waals surface area contributed by atoms with E-state index in [0.29, 0.717) is 18.5 Å². The molecule has 14 heavy (non-hydrogen) atoms. The van der Waals surface area contributed by atoms with Gasteiger partial charge in [-0.3, -0.25) is 4.68 Å². The highest BCUT2D eigenvalue weighted by atomic mass is 19.1. The molecule has 0 saturated carbocycles. The smallest absolute Gasteiger partial charge is 0.153 e. The van der Waals surface area contributed by atoms with Gasteiger partial charge in [0.05, 0.1) is 5.69 Å². The van der Waals surface area contributed by atoms with E-state index in [-0.39, 0.29) is 0 Å². The molecule has 0 spiro atoms. The SMILES string of the molecule is Cn1nccc1C1(F)CCCNCC1. The molecule has 0 aliphatic carbocycles. The van der Waals surface area contributed by atoms with Crippen LogP contribution in [-0.4, -0.2) is 22.9 Å². The Balaban J connectivity index is 2.25. The van der Waals surface area contributed by atoms with Crippen molar-refractivity contribution >= 4 is 0 Å². The molecule has 2 rings (SSSR count). The topological polar surface area (TPSA) is 29.9 Å². The zero-order valence-electron chi connectivity index (χ0n) is 8.46. The number of rotatable bonds is 1. The lowest BCUT2D eigenvalue weighted by Crippen LogP contribution is -2.25. The molecule has 78 valence electrons. The Morgan fingerprint density at radius 1 is 1.50 bits per heavy atom. The summed E-state index contributed by atoms with van der Waals surface area (Å²) in [6.07, 6.45) is 3.70. The van der Waals surface area contributed by atoms with Gasteiger partial charge in [0.25, 0.3) is 0 Å². The highest BCUT2D eigenvalue weighted by Gasteiger charge is 2.34. The average Bonchev–Trinajstić information content (AvgIpc) is 2.46. The number of hydrogen-bond acceptors (Lipinski definition) is 2. The van der Waals surface area contributed by atoms with Crippen molar-refractivity contribution in [3.8, 4) is 0 Å². The van der Waals surface area contributed by atoms with Crippen LogP contribution < -0.4 is 5.32 Å². The average molecular weight is 197 g/mol. The summed E-state index contributed by atoms with van der Waals surface area (Å²) in [5, 5.41) is 7.24. The van der Waals surface area contributed by atoms with E-state index in [1.165, 1.54) is 0 Å². The maximum absolute atomic E-state index is 14.6. The number of nitrogens with zero attached hydrogens (tertiary/aromatic N) is 2. The Hall–Kier alpha value is -0.900. The summed E-state index contributed by atoms with van der Waals surface area (Å²) < 4.78 is 16.2. The first-order valence-corrected chi connectivity index (χ1v) is 5.10. The van der Waals surface area contributed by atoms with E-state index in [0.717, 1.165) is 19.5 Å². The van der Waals surface area contributed by atoms with E-state index >= 15 is 0 Å². The second-order valence-corrected chi connectivity index (χ2v) is 3.91. The lowest BCUT2D eigenvalue weighted by molar-refractivity contribution is 0.133. The zero-order valence-corrected chi connectivity index (χ0v) is 8.46. The van der Waals surface area contributed by atoms with Gasteiger partial charge in [0, 0.05) is 13.2 Å². The number of halogens is 1. The van der Waals surface area contributed by atoms with Crippen molar-refractivity contribution in [1.82, 2.24) is 15.1 Å². The summed E-state index contributed by atoms with van der Waals surface area (Å²) in [5.41, 5.74) is -0.476. The number of alkyl halides is 1. The van der Waals surface area contributed by atoms with Gasteiger partial charge in [-0.25, -0.2) is 4.39 Å². The van der Waals surface area contributed by atoms with Gasteiger partial charge in [0.15, 0.2) is 5.67 Å². The third-order valence-corrected chi connectivity index (χ3v) is 2.90. The molecule has 0 bridgehead atoms. The third kappa shape index (κ3) is 1.66. The molecule has 1 N–H and O–H groups in total. The van der Waals surface area contributed by atoms with E-state index in [1.807, 2.05) is 0 Å². The monoisotopic (exact) mass is 197 g/mol. The van der Waals surface area contributed by atoms with Gasteiger partial charge in [0.1, 0.15) is 0 Å². The van der Waals surface area contributed by atoms with E-state index in [1.54, 1.807) is 24.0 Å². The molecule has 2 heterocycles. The van der Waals surface area contributed by atoms with Crippen LogP contribution in [0.3, 0.4) is 0 Å². The standard InChI is InChI=1S/C10H16FN3/c1-14-9(3-7-13-14)10(11)4-2-6-12-8-5-10/h3,7,12H,2,4-6,8H2,1H3. The summed E-state index contributed by atoms with van der Waals surface area (Å²) >= 11 is 0. The van der Waals surface area contributed by atoms with Crippen LogP contribution in [0, 0.1) is 0 Å². The Morgan fingerprint density at radius 3 is 3.07 bits per heavy atom. The van der Waals surface area contributed by atoms with Crippen molar-refractivity contribution in [2.45, 2.75) is 24.9 Å². The minimum Gasteiger partial charge on any atom is -0.317 e. The molecule has 4 heteroatoms. The zero-order chi connectivity index (χ0) is 10.0. The predicted octanol–water partition coefficient (Wildman–Crippen LogP) is 1.36. The highest BCUT2D eigenvalue weighted by Crippen LogP contribution is 2.34. The molecule has 0 radical (unpaired) electrons. The maximum Gasteiger partial charge on any atom is 0.153 e. The molecule has 1 unspecified atom stereocenters. The number of aromatic nitrogens is 2. The van der Waals surface area contributed by atoms with Crippen LogP contribution in [0.25, 0.3) is 0 Å². The largest absolute Gasteiger partial charge is 0.317 e. The number of aryl methyl sites for hydroxylation is 1. The minimum atomic E-state index is -1.19. The molecule has 1 aromatic heterocycles. The van der Waals surface area contributed by atoms with E-state index in [4.69, 9.17) is 0 Å². The Morgan fingerprint density at radius 2 is 2.36 bits per heavy atom. The fourth-order valence-electron chi connectivity index (χ4n) is 2.10. The lowest BCUT2D eigenvalue weighted by atomic mass is 9.93. The van der Waals surface area contributed by atoms with E-state index in [9.17, 15) is 4.39 Å². The van der Waals surface area contributed by atoms with Gasteiger partial charge < -0.3 is 5.32 Å².